The van der Waals surface area contributed by atoms with Crippen LogP contribution in [-0.2, 0) is 23.8 Å². The first kappa shape index (κ1) is 22.1. The Hall–Kier alpha value is -2.69. The molecule has 0 aromatic heterocycles. The van der Waals surface area contributed by atoms with E-state index in [-0.39, 0.29) is 30.3 Å². The molecule has 1 amide bonds. The quantitative estimate of drug-likeness (QED) is 0.592. The van der Waals surface area contributed by atoms with Gasteiger partial charge in [-0.1, -0.05) is 17.7 Å². The standard InChI is InChI=1S/C23H25FN2O6S/c1-15-2-7-20(8-3-15)33(28,29)30-14-19-13-26(23(27)32-19)16-4-9-22(21(24)10-16)25-11-17-5-6-18(12-25)31-17/h2-4,7-10,17-19H,5-6,11-14H2,1H3. The van der Waals surface area contributed by atoms with Gasteiger partial charge in [-0.25, -0.2) is 9.18 Å². The summed E-state index contributed by atoms with van der Waals surface area (Å²) >= 11 is 0. The highest BCUT2D eigenvalue weighted by molar-refractivity contribution is 7.86. The first-order chi connectivity index (χ1) is 15.8. The summed E-state index contributed by atoms with van der Waals surface area (Å²) < 4.78 is 55.9. The van der Waals surface area contributed by atoms with Crippen molar-refractivity contribution in [1.82, 2.24) is 0 Å². The van der Waals surface area contributed by atoms with E-state index in [0.29, 0.717) is 24.5 Å². The number of aryl methyl sites for hydroxylation is 1. The monoisotopic (exact) mass is 476 g/mol. The molecular formula is C23H25FN2O6S. The number of ether oxygens (including phenoxy) is 2. The van der Waals surface area contributed by atoms with Crippen molar-refractivity contribution in [1.29, 1.82) is 0 Å². The van der Waals surface area contributed by atoms with Gasteiger partial charge in [0.2, 0.25) is 0 Å². The van der Waals surface area contributed by atoms with Crippen LogP contribution in [0.4, 0.5) is 20.6 Å². The first-order valence-electron chi connectivity index (χ1n) is 10.9. The van der Waals surface area contributed by atoms with E-state index < -0.39 is 28.1 Å². The second kappa shape index (κ2) is 8.58. The van der Waals surface area contributed by atoms with Gasteiger partial charge < -0.3 is 14.4 Å². The van der Waals surface area contributed by atoms with E-state index in [1.54, 1.807) is 24.3 Å². The highest BCUT2D eigenvalue weighted by Crippen LogP contribution is 2.33. The SMILES string of the molecule is Cc1ccc(S(=O)(=O)OCC2CN(c3ccc(N4CC5CCC(C4)O5)c(F)c3)C(=O)O2)cc1. The zero-order valence-electron chi connectivity index (χ0n) is 18.1. The number of carbonyl (C=O) groups excluding carboxylic acids is 1. The zero-order chi connectivity index (χ0) is 23.2. The normalized spacial score (nSPS) is 24.9. The van der Waals surface area contributed by atoms with Gasteiger partial charge in [0.25, 0.3) is 10.1 Å². The van der Waals surface area contributed by atoms with Crippen LogP contribution >= 0.6 is 0 Å². The summed E-state index contributed by atoms with van der Waals surface area (Å²) in [4.78, 5) is 15.7. The Balaban J connectivity index is 1.23. The number of amides is 1. The molecule has 2 bridgehead atoms. The minimum Gasteiger partial charge on any atom is -0.441 e. The largest absolute Gasteiger partial charge is 0.441 e. The number of hydrogen-bond donors (Lipinski definition) is 0. The third kappa shape index (κ3) is 4.55. The van der Waals surface area contributed by atoms with Crippen molar-refractivity contribution in [3.63, 3.8) is 0 Å². The minimum absolute atomic E-state index is 0.0310. The Morgan fingerprint density at radius 2 is 1.76 bits per heavy atom. The third-order valence-corrected chi connectivity index (χ3v) is 7.52. The molecule has 3 heterocycles. The number of benzene rings is 2. The molecule has 5 rings (SSSR count). The molecule has 2 aromatic carbocycles. The molecule has 3 fully saturated rings. The lowest BCUT2D eigenvalue weighted by Crippen LogP contribution is -2.43. The second-order valence-electron chi connectivity index (χ2n) is 8.67. The fourth-order valence-electron chi connectivity index (χ4n) is 4.49. The lowest BCUT2D eigenvalue weighted by Gasteiger charge is -2.34. The Kier molecular flexibility index (Phi) is 5.75. The topological polar surface area (TPSA) is 85.4 Å². The predicted molar refractivity (Wildman–Crippen MR) is 118 cm³/mol. The smallest absolute Gasteiger partial charge is 0.414 e. The van der Waals surface area contributed by atoms with E-state index in [2.05, 4.69) is 0 Å². The molecule has 33 heavy (non-hydrogen) atoms. The predicted octanol–water partition coefficient (Wildman–Crippen LogP) is 3.23. The molecule has 10 heteroatoms. The maximum atomic E-state index is 14.9. The molecule has 2 aromatic rings. The van der Waals surface area contributed by atoms with Gasteiger partial charge in [0.05, 0.1) is 35.0 Å². The fourth-order valence-corrected chi connectivity index (χ4v) is 5.43. The van der Waals surface area contributed by atoms with Gasteiger partial charge in [-0.2, -0.15) is 8.42 Å². The molecule has 3 aliphatic rings. The van der Waals surface area contributed by atoms with Crippen LogP contribution in [0.1, 0.15) is 18.4 Å². The van der Waals surface area contributed by atoms with E-state index >= 15 is 0 Å². The number of halogens is 1. The number of cyclic esters (lactones) is 1. The molecule has 0 spiro atoms. The molecular weight excluding hydrogens is 451 g/mol. The molecule has 3 aliphatic heterocycles. The van der Waals surface area contributed by atoms with Crippen LogP contribution in [0.25, 0.3) is 0 Å². The van der Waals surface area contributed by atoms with Crippen molar-refractivity contribution in [2.75, 3.05) is 36.0 Å². The van der Waals surface area contributed by atoms with E-state index in [1.807, 2.05) is 11.8 Å². The summed E-state index contributed by atoms with van der Waals surface area (Å²) in [7, 11) is -3.98. The molecule has 3 atom stereocenters. The number of nitrogens with zero attached hydrogens (tertiary/aromatic N) is 2. The summed E-state index contributed by atoms with van der Waals surface area (Å²) in [6.45, 7) is 2.88. The first-order valence-corrected chi connectivity index (χ1v) is 12.3. The molecule has 0 saturated carbocycles. The molecule has 3 unspecified atom stereocenters. The molecule has 0 N–H and O–H groups in total. The van der Waals surface area contributed by atoms with E-state index in [4.69, 9.17) is 13.7 Å². The maximum absolute atomic E-state index is 14.9. The maximum Gasteiger partial charge on any atom is 0.414 e. The zero-order valence-corrected chi connectivity index (χ0v) is 19.0. The molecule has 3 saturated heterocycles. The lowest BCUT2D eigenvalue weighted by atomic mass is 10.2. The highest BCUT2D eigenvalue weighted by Gasteiger charge is 2.36. The molecule has 176 valence electrons. The summed E-state index contributed by atoms with van der Waals surface area (Å²) in [6, 6.07) is 10.9. The number of fused-ring (bicyclic) bond motifs is 2. The van der Waals surface area contributed by atoms with Gasteiger partial charge in [-0.05, 0) is 50.1 Å². The number of anilines is 2. The number of carbonyl (C=O) groups is 1. The Morgan fingerprint density at radius 3 is 2.42 bits per heavy atom. The lowest BCUT2D eigenvalue weighted by molar-refractivity contribution is 0.0303. The van der Waals surface area contributed by atoms with Crippen LogP contribution < -0.4 is 9.80 Å². The number of morpholine rings is 1. The van der Waals surface area contributed by atoms with Crippen molar-refractivity contribution in [3.8, 4) is 0 Å². The van der Waals surface area contributed by atoms with Gasteiger partial charge in [-0.3, -0.25) is 9.08 Å². The van der Waals surface area contributed by atoms with E-state index in [1.165, 1.54) is 23.1 Å². The van der Waals surface area contributed by atoms with Gasteiger partial charge in [0.15, 0.2) is 0 Å². The van der Waals surface area contributed by atoms with E-state index in [0.717, 1.165) is 18.4 Å². The van der Waals surface area contributed by atoms with Crippen molar-refractivity contribution in [2.45, 2.75) is 43.0 Å². The number of hydrogen-bond acceptors (Lipinski definition) is 7. The van der Waals surface area contributed by atoms with Crippen LogP contribution in [0.15, 0.2) is 47.4 Å². The summed E-state index contributed by atoms with van der Waals surface area (Å²) in [5.41, 5.74) is 1.76. The minimum atomic E-state index is -3.98. The van der Waals surface area contributed by atoms with Gasteiger partial charge in [0, 0.05) is 13.1 Å². The van der Waals surface area contributed by atoms with Crippen LogP contribution in [0.3, 0.4) is 0 Å². The average Bonchev–Trinajstić information content (AvgIpc) is 3.33. The molecule has 8 nitrogen and oxygen atoms in total. The van der Waals surface area contributed by atoms with Crippen molar-refractivity contribution in [3.05, 3.63) is 53.8 Å². The Bertz CT molecular complexity index is 1140. The van der Waals surface area contributed by atoms with Crippen LogP contribution in [0, 0.1) is 12.7 Å². The van der Waals surface area contributed by atoms with Crippen molar-refractivity contribution >= 4 is 27.6 Å². The van der Waals surface area contributed by atoms with Gasteiger partial charge in [-0.15, -0.1) is 0 Å². The molecule has 0 aliphatic carbocycles. The molecule has 0 radical (unpaired) electrons. The van der Waals surface area contributed by atoms with Gasteiger partial charge >= 0.3 is 6.09 Å². The van der Waals surface area contributed by atoms with Crippen LogP contribution in [0.5, 0.6) is 0 Å². The summed E-state index contributed by atoms with van der Waals surface area (Å²) in [6.07, 6.45) is 0.776. The van der Waals surface area contributed by atoms with E-state index in [9.17, 15) is 17.6 Å². The Morgan fingerprint density at radius 1 is 1.06 bits per heavy atom. The summed E-state index contributed by atoms with van der Waals surface area (Å²) in [5, 5.41) is 0. The van der Waals surface area contributed by atoms with Crippen LogP contribution in [-0.4, -0.2) is 59.1 Å². The fraction of sp³-hybridized carbons (Fsp3) is 0.435. The number of rotatable bonds is 6. The van der Waals surface area contributed by atoms with Crippen LogP contribution in [0.2, 0.25) is 0 Å². The summed E-state index contributed by atoms with van der Waals surface area (Å²) in [5.74, 6) is -0.428. The third-order valence-electron chi connectivity index (χ3n) is 6.22. The van der Waals surface area contributed by atoms with Crippen molar-refractivity contribution < 1.29 is 31.3 Å². The second-order valence-corrected chi connectivity index (χ2v) is 10.3. The average molecular weight is 477 g/mol. The highest BCUT2D eigenvalue weighted by atomic mass is 32.2. The van der Waals surface area contributed by atoms with Gasteiger partial charge in [0.1, 0.15) is 18.5 Å². The van der Waals surface area contributed by atoms with Crippen molar-refractivity contribution in [2.24, 2.45) is 0 Å². The Labute approximate surface area is 192 Å².